The smallest absolute Gasteiger partial charge is 0.270 e. The van der Waals surface area contributed by atoms with Crippen LogP contribution in [0.2, 0.25) is 5.02 Å². The minimum Gasteiger partial charge on any atom is -0.490 e. The van der Waals surface area contributed by atoms with E-state index in [1.165, 1.54) is 28.0 Å². The zero-order chi connectivity index (χ0) is 30.5. The van der Waals surface area contributed by atoms with Crippen LogP contribution in [0.3, 0.4) is 0 Å². The first-order valence-electron chi connectivity index (χ1n) is 13.2. The second-order valence-corrected chi connectivity index (χ2v) is 10.0. The number of nitrogens with zero attached hydrogens (tertiary/aromatic N) is 3. The van der Waals surface area contributed by atoms with Gasteiger partial charge in [-0.1, -0.05) is 48.0 Å². The molecule has 5 rings (SSSR count). The maximum absolute atomic E-state index is 13.8. The van der Waals surface area contributed by atoms with Gasteiger partial charge in [0.2, 0.25) is 0 Å². The van der Waals surface area contributed by atoms with Gasteiger partial charge in [-0.15, -0.1) is 0 Å². The molecule has 1 aliphatic heterocycles. The average molecular weight is 614 g/mol. The third-order valence-corrected chi connectivity index (χ3v) is 7.10. The van der Waals surface area contributed by atoms with Crippen LogP contribution in [0.4, 0.5) is 17.1 Å². The summed E-state index contributed by atoms with van der Waals surface area (Å²) in [7, 11) is 0. The summed E-state index contributed by atoms with van der Waals surface area (Å²) in [5.41, 5.74) is 1.99. The fraction of sp³-hybridized carbons (Fsp3) is 0.0938. The Bertz CT molecular complexity index is 1670. The zero-order valence-electron chi connectivity index (χ0n) is 22.8. The van der Waals surface area contributed by atoms with Crippen molar-refractivity contribution in [3.63, 3.8) is 0 Å². The van der Waals surface area contributed by atoms with Gasteiger partial charge in [-0.25, -0.2) is 0 Å². The van der Waals surface area contributed by atoms with E-state index >= 15 is 0 Å². The first kappa shape index (κ1) is 29.4. The summed E-state index contributed by atoms with van der Waals surface area (Å²) in [6, 6.07) is 26.9. The lowest BCUT2D eigenvalue weighted by molar-refractivity contribution is -0.384. The quantitative estimate of drug-likeness (QED) is 0.0660. The molecule has 2 amide bonds. The number of hydrogen-bond donors (Lipinski definition) is 0. The van der Waals surface area contributed by atoms with Crippen LogP contribution in [0.5, 0.6) is 11.5 Å². The van der Waals surface area contributed by atoms with Gasteiger partial charge in [0.05, 0.1) is 27.9 Å². The lowest BCUT2D eigenvalue weighted by Crippen LogP contribution is -2.56. The second-order valence-electron chi connectivity index (χ2n) is 9.27. The number of nitro benzene ring substituents is 1. The number of ether oxygens (including phenoxy) is 2. The number of halogens is 1. The largest absolute Gasteiger partial charge is 0.490 e. The summed E-state index contributed by atoms with van der Waals surface area (Å²) < 4.78 is 11.7. The number of para-hydroxylation sites is 2. The second kappa shape index (κ2) is 12.8. The molecular formula is C32H24ClN3O6S. The van der Waals surface area contributed by atoms with Gasteiger partial charge in [-0.3, -0.25) is 29.5 Å². The van der Waals surface area contributed by atoms with Gasteiger partial charge in [0.15, 0.2) is 16.6 Å². The molecular weight excluding hydrogens is 590 g/mol. The molecule has 0 atom stereocenters. The van der Waals surface area contributed by atoms with Crippen LogP contribution in [0, 0.1) is 10.1 Å². The van der Waals surface area contributed by atoms with Gasteiger partial charge in [0.25, 0.3) is 17.5 Å². The Labute approximate surface area is 257 Å². The topological polar surface area (TPSA) is 102 Å². The standard InChI is InChI=1S/C32H24ClN3O6S/c1-2-41-28-19-22(18-27(33)29(28)42-20-21-13-15-25(16-14-21)36(39)40)17-26-30(37)34(23-9-5-3-6-10-23)32(43)35(31(26)38)24-11-7-4-8-12-24/h3-19H,2,20H2,1H3. The van der Waals surface area contributed by atoms with E-state index in [4.69, 9.17) is 33.3 Å². The molecule has 216 valence electrons. The van der Waals surface area contributed by atoms with Gasteiger partial charge in [-0.2, -0.15) is 0 Å². The number of rotatable bonds is 9. The molecule has 0 aliphatic carbocycles. The molecule has 1 fully saturated rings. The average Bonchev–Trinajstić information content (AvgIpc) is 3.00. The molecule has 1 aliphatic rings. The third-order valence-electron chi connectivity index (χ3n) is 6.45. The van der Waals surface area contributed by atoms with Crippen molar-refractivity contribution >= 4 is 63.9 Å². The molecule has 11 heteroatoms. The lowest BCUT2D eigenvalue weighted by Gasteiger charge is -2.36. The Morgan fingerprint density at radius 1 is 0.860 bits per heavy atom. The van der Waals surface area contributed by atoms with Gasteiger partial charge >= 0.3 is 0 Å². The van der Waals surface area contributed by atoms with E-state index in [0.29, 0.717) is 34.9 Å². The van der Waals surface area contributed by atoms with E-state index < -0.39 is 16.7 Å². The highest BCUT2D eigenvalue weighted by Gasteiger charge is 2.41. The van der Waals surface area contributed by atoms with Gasteiger partial charge in [0.1, 0.15) is 12.2 Å². The molecule has 0 N–H and O–H groups in total. The predicted molar refractivity (Wildman–Crippen MR) is 168 cm³/mol. The van der Waals surface area contributed by atoms with Crippen LogP contribution in [0.25, 0.3) is 6.08 Å². The number of hydrogen-bond acceptors (Lipinski definition) is 7. The van der Waals surface area contributed by atoms with Crippen molar-refractivity contribution in [2.24, 2.45) is 0 Å². The molecule has 0 spiro atoms. The van der Waals surface area contributed by atoms with Crippen LogP contribution < -0.4 is 19.3 Å². The molecule has 0 saturated carbocycles. The molecule has 4 aromatic rings. The van der Waals surface area contributed by atoms with Crippen molar-refractivity contribution in [3.8, 4) is 11.5 Å². The minimum absolute atomic E-state index is 0.0293. The van der Waals surface area contributed by atoms with E-state index in [0.717, 1.165) is 0 Å². The number of thiocarbonyl (C=S) groups is 1. The molecule has 0 radical (unpaired) electrons. The maximum Gasteiger partial charge on any atom is 0.270 e. The summed E-state index contributed by atoms with van der Waals surface area (Å²) in [5.74, 6) is -0.611. The Balaban J connectivity index is 1.52. The maximum atomic E-state index is 13.8. The predicted octanol–water partition coefficient (Wildman–Crippen LogP) is 6.97. The Hall–Kier alpha value is -5.06. The zero-order valence-corrected chi connectivity index (χ0v) is 24.4. The molecule has 43 heavy (non-hydrogen) atoms. The fourth-order valence-corrected chi connectivity index (χ4v) is 5.10. The van der Waals surface area contributed by atoms with Crippen LogP contribution in [-0.4, -0.2) is 28.5 Å². The number of amides is 2. The Morgan fingerprint density at radius 2 is 1.42 bits per heavy atom. The molecule has 0 unspecified atom stereocenters. The highest BCUT2D eigenvalue weighted by molar-refractivity contribution is 7.81. The van der Waals surface area contributed by atoms with Gasteiger partial charge in [0, 0.05) is 12.1 Å². The summed E-state index contributed by atoms with van der Waals surface area (Å²) >= 11 is 12.3. The normalized spacial score (nSPS) is 13.3. The SMILES string of the molecule is CCOc1cc(C=C2C(=O)N(c3ccccc3)C(=S)N(c3ccccc3)C2=O)cc(Cl)c1OCc1ccc([N+](=O)[O-])cc1. The summed E-state index contributed by atoms with van der Waals surface area (Å²) in [5, 5.41) is 11.2. The summed E-state index contributed by atoms with van der Waals surface area (Å²) in [6.45, 7) is 2.16. The number of nitro groups is 1. The summed E-state index contributed by atoms with van der Waals surface area (Å²) in [6.07, 6.45) is 1.45. The van der Waals surface area contributed by atoms with Crippen molar-refractivity contribution in [1.82, 2.24) is 0 Å². The van der Waals surface area contributed by atoms with E-state index in [1.54, 1.807) is 79.7 Å². The van der Waals surface area contributed by atoms with Crippen molar-refractivity contribution in [2.45, 2.75) is 13.5 Å². The third kappa shape index (κ3) is 6.25. The molecule has 1 saturated heterocycles. The minimum atomic E-state index is -0.582. The number of carbonyl (C=O) groups is 2. The van der Waals surface area contributed by atoms with E-state index in [9.17, 15) is 19.7 Å². The molecule has 9 nitrogen and oxygen atoms in total. The van der Waals surface area contributed by atoms with E-state index in [-0.39, 0.29) is 33.8 Å². The number of carbonyl (C=O) groups excluding carboxylic acids is 2. The van der Waals surface area contributed by atoms with Crippen LogP contribution in [0.1, 0.15) is 18.1 Å². The van der Waals surface area contributed by atoms with Crippen molar-refractivity contribution in [2.75, 3.05) is 16.4 Å². The Morgan fingerprint density at radius 3 is 1.93 bits per heavy atom. The van der Waals surface area contributed by atoms with E-state index in [2.05, 4.69) is 0 Å². The molecule has 0 bridgehead atoms. The molecule has 0 aromatic heterocycles. The van der Waals surface area contributed by atoms with Crippen LogP contribution >= 0.6 is 23.8 Å². The number of non-ortho nitro benzene ring substituents is 1. The number of benzene rings is 4. The highest BCUT2D eigenvalue weighted by Crippen LogP contribution is 2.39. The summed E-state index contributed by atoms with van der Waals surface area (Å²) in [4.78, 5) is 40.7. The van der Waals surface area contributed by atoms with Crippen LogP contribution in [0.15, 0.2) is 103 Å². The first-order chi connectivity index (χ1) is 20.8. The lowest BCUT2D eigenvalue weighted by atomic mass is 10.0. The van der Waals surface area contributed by atoms with E-state index in [1.807, 2.05) is 12.1 Å². The molecule has 4 aromatic carbocycles. The van der Waals surface area contributed by atoms with Gasteiger partial charge < -0.3 is 9.47 Å². The number of anilines is 2. The fourth-order valence-electron chi connectivity index (χ4n) is 4.45. The monoisotopic (exact) mass is 613 g/mol. The first-order valence-corrected chi connectivity index (χ1v) is 13.9. The highest BCUT2D eigenvalue weighted by atomic mass is 35.5. The van der Waals surface area contributed by atoms with Gasteiger partial charge in [-0.05, 0) is 84.9 Å². The van der Waals surface area contributed by atoms with Crippen molar-refractivity contribution in [3.05, 3.63) is 129 Å². The molecule has 1 heterocycles. The van der Waals surface area contributed by atoms with Crippen molar-refractivity contribution in [1.29, 1.82) is 0 Å². The van der Waals surface area contributed by atoms with Crippen LogP contribution in [-0.2, 0) is 16.2 Å². The Kier molecular flexibility index (Phi) is 8.79. The van der Waals surface area contributed by atoms with Crippen molar-refractivity contribution < 1.29 is 24.0 Å².